The van der Waals surface area contributed by atoms with E-state index in [0.29, 0.717) is 5.69 Å². The van der Waals surface area contributed by atoms with Crippen molar-refractivity contribution >= 4 is 17.2 Å². The van der Waals surface area contributed by atoms with Crippen LogP contribution in [0.25, 0.3) is 0 Å². The minimum Gasteiger partial charge on any atom is -0.495 e. The van der Waals surface area contributed by atoms with E-state index < -0.39 is 0 Å². The number of benzene rings is 1. The molecule has 0 saturated heterocycles. The maximum Gasteiger partial charge on any atom is 0.156 e. The summed E-state index contributed by atoms with van der Waals surface area (Å²) in [6.07, 6.45) is 1.76. The molecule has 18 heavy (non-hydrogen) atoms. The van der Waals surface area contributed by atoms with Gasteiger partial charge in [-0.3, -0.25) is 0 Å². The Hall–Kier alpha value is -2.23. The lowest BCUT2D eigenvalue weighted by molar-refractivity contribution is 0.415. The Labute approximate surface area is 107 Å². The van der Waals surface area contributed by atoms with Crippen LogP contribution in [0, 0.1) is 6.92 Å². The first-order chi connectivity index (χ1) is 8.65. The summed E-state index contributed by atoms with van der Waals surface area (Å²) in [5.74, 6) is 1.53. The van der Waals surface area contributed by atoms with Gasteiger partial charge < -0.3 is 15.4 Å². The largest absolute Gasteiger partial charge is 0.495 e. The number of methoxy groups -OCH3 is 1. The first-order valence-corrected chi connectivity index (χ1v) is 5.73. The van der Waals surface area contributed by atoms with Crippen LogP contribution in [0.5, 0.6) is 5.75 Å². The Bertz CT molecular complexity index is 554. The van der Waals surface area contributed by atoms with Crippen LogP contribution in [0.3, 0.4) is 0 Å². The first kappa shape index (κ1) is 12.2. The van der Waals surface area contributed by atoms with Crippen molar-refractivity contribution in [3.8, 4) is 5.75 Å². The van der Waals surface area contributed by atoms with E-state index in [1.165, 1.54) is 0 Å². The van der Waals surface area contributed by atoms with Gasteiger partial charge in [-0.2, -0.15) is 0 Å². The molecular weight excluding hydrogens is 226 g/mol. The summed E-state index contributed by atoms with van der Waals surface area (Å²) in [6.45, 7) is 1.97. The second kappa shape index (κ2) is 4.96. The normalized spacial score (nSPS) is 10.2. The fraction of sp³-hybridized carbons (Fsp3) is 0.214. The number of aromatic nitrogens is 1. The van der Waals surface area contributed by atoms with Gasteiger partial charge in [0.05, 0.1) is 18.5 Å². The van der Waals surface area contributed by atoms with Gasteiger partial charge in [-0.25, -0.2) is 4.98 Å². The highest BCUT2D eigenvalue weighted by atomic mass is 16.5. The predicted molar refractivity (Wildman–Crippen MR) is 74.4 cm³/mol. The van der Waals surface area contributed by atoms with Gasteiger partial charge in [0, 0.05) is 13.2 Å². The molecule has 2 aromatic rings. The number of aryl methyl sites for hydroxylation is 1. The standard InChI is InChI=1S/C14H17N3O/c1-10-8-9-16-14(13(10)15)17(2)11-6-4-5-7-12(11)18-3/h4-9H,15H2,1-3H3. The molecule has 1 aromatic heterocycles. The Morgan fingerprint density at radius 1 is 1.22 bits per heavy atom. The van der Waals surface area contributed by atoms with E-state index in [9.17, 15) is 0 Å². The molecule has 2 N–H and O–H groups in total. The van der Waals surface area contributed by atoms with Crippen molar-refractivity contribution in [3.63, 3.8) is 0 Å². The van der Waals surface area contributed by atoms with Gasteiger partial charge in [-0.1, -0.05) is 12.1 Å². The van der Waals surface area contributed by atoms with Gasteiger partial charge in [-0.05, 0) is 30.7 Å². The summed E-state index contributed by atoms with van der Waals surface area (Å²) in [5.41, 5.74) is 8.70. The molecule has 0 unspecified atom stereocenters. The lowest BCUT2D eigenvalue weighted by atomic mass is 10.2. The number of ether oxygens (including phenoxy) is 1. The third-order valence-electron chi connectivity index (χ3n) is 2.95. The van der Waals surface area contributed by atoms with Crippen LogP contribution in [0.2, 0.25) is 0 Å². The smallest absolute Gasteiger partial charge is 0.156 e. The molecule has 4 nitrogen and oxygen atoms in total. The SMILES string of the molecule is COc1ccccc1N(C)c1nccc(C)c1N. The maximum atomic E-state index is 6.07. The van der Waals surface area contributed by atoms with E-state index >= 15 is 0 Å². The number of hydrogen-bond donors (Lipinski definition) is 1. The zero-order valence-corrected chi connectivity index (χ0v) is 10.8. The molecule has 0 bridgehead atoms. The van der Waals surface area contributed by atoms with E-state index in [0.717, 1.165) is 22.8 Å². The molecule has 0 aliphatic heterocycles. The molecular formula is C14H17N3O. The van der Waals surface area contributed by atoms with Gasteiger partial charge >= 0.3 is 0 Å². The number of nitrogens with zero attached hydrogens (tertiary/aromatic N) is 2. The zero-order chi connectivity index (χ0) is 13.1. The number of pyridine rings is 1. The molecule has 1 heterocycles. The number of nitrogen functional groups attached to an aromatic ring is 1. The molecule has 0 fully saturated rings. The zero-order valence-electron chi connectivity index (χ0n) is 10.8. The summed E-state index contributed by atoms with van der Waals surface area (Å²) in [5, 5.41) is 0. The van der Waals surface area contributed by atoms with E-state index in [-0.39, 0.29) is 0 Å². The van der Waals surface area contributed by atoms with E-state index in [4.69, 9.17) is 10.5 Å². The van der Waals surface area contributed by atoms with Gasteiger partial charge in [0.15, 0.2) is 5.82 Å². The van der Waals surface area contributed by atoms with Gasteiger partial charge in [0.2, 0.25) is 0 Å². The third-order valence-corrected chi connectivity index (χ3v) is 2.95. The highest BCUT2D eigenvalue weighted by molar-refractivity contribution is 5.75. The van der Waals surface area contributed by atoms with E-state index in [1.807, 2.05) is 49.2 Å². The highest BCUT2D eigenvalue weighted by Gasteiger charge is 2.13. The summed E-state index contributed by atoms with van der Waals surface area (Å²) in [6, 6.07) is 9.68. The van der Waals surface area contributed by atoms with Crippen LogP contribution in [0.1, 0.15) is 5.56 Å². The third kappa shape index (κ3) is 2.09. The van der Waals surface area contributed by atoms with Crippen LogP contribution in [-0.2, 0) is 0 Å². The minimum atomic E-state index is 0.686. The Balaban J connectivity index is 2.48. The number of rotatable bonds is 3. The molecule has 0 atom stereocenters. The monoisotopic (exact) mass is 243 g/mol. The molecule has 0 aliphatic rings. The number of para-hydroxylation sites is 2. The van der Waals surface area contributed by atoms with Crippen molar-refractivity contribution in [2.24, 2.45) is 0 Å². The van der Waals surface area contributed by atoms with Crippen molar-refractivity contribution in [1.29, 1.82) is 0 Å². The average Bonchev–Trinajstić information content (AvgIpc) is 2.41. The molecule has 0 radical (unpaired) electrons. The maximum absolute atomic E-state index is 6.07. The molecule has 2 rings (SSSR count). The summed E-state index contributed by atoms with van der Waals surface area (Å²) in [7, 11) is 3.58. The fourth-order valence-corrected chi connectivity index (χ4v) is 1.84. The molecule has 0 saturated carbocycles. The summed E-state index contributed by atoms with van der Waals surface area (Å²) in [4.78, 5) is 6.27. The average molecular weight is 243 g/mol. The van der Waals surface area contributed by atoms with E-state index in [2.05, 4.69) is 4.98 Å². The number of anilines is 3. The molecule has 1 aromatic carbocycles. The molecule has 4 heteroatoms. The van der Waals surface area contributed by atoms with Gasteiger partial charge in [0.1, 0.15) is 5.75 Å². The van der Waals surface area contributed by atoms with E-state index in [1.54, 1.807) is 13.3 Å². The molecule has 0 aliphatic carbocycles. The summed E-state index contributed by atoms with van der Waals surface area (Å²) >= 11 is 0. The summed E-state index contributed by atoms with van der Waals surface area (Å²) < 4.78 is 5.35. The molecule has 0 amide bonds. The Morgan fingerprint density at radius 3 is 2.67 bits per heavy atom. The second-order valence-corrected chi connectivity index (χ2v) is 4.10. The van der Waals surface area contributed by atoms with Gasteiger partial charge in [-0.15, -0.1) is 0 Å². The van der Waals surface area contributed by atoms with Crippen molar-refractivity contribution in [2.75, 3.05) is 24.8 Å². The highest BCUT2D eigenvalue weighted by Crippen LogP contribution is 2.34. The lowest BCUT2D eigenvalue weighted by Gasteiger charge is -2.22. The van der Waals surface area contributed by atoms with Gasteiger partial charge in [0.25, 0.3) is 0 Å². The van der Waals surface area contributed by atoms with Crippen molar-refractivity contribution in [3.05, 3.63) is 42.1 Å². The van der Waals surface area contributed by atoms with Crippen LogP contribution >= 0.6 is 0 Å². The first-order valence-electron chi connectivity index (χ1n) is 5.73. The topological polar surface area (TPSA) is 51.4 Å². The van der Waals surface area contributed by atoms with Crippen LogP contribution in [0.15, 0.2) is 36.5 Å². The Kier molecular flexibility index (Phi) is 3.37. The van der Waals surface area contributed by atoms with Crippen LogP contribution < -0.4 is 15.4 Å². The quantitative estimate of drug-likeness (QED) is 0.900. The molecule has 94 valence electrons. The van der Waals surface area contributed by atoms with Crippen molar-refractivity contribution in [1.82, 2.24) is 4.98 Å². The number of hydrogen-bond acceptors (Lipinski definition) is 4. The lowest BCUT2D eigenvalue weighted by Crippen LogP contribution is -2.14. The van der Waals surface area contributed by atoms with Crippen molar-refractivity contribution in [2.45, 2.75) is 6.92 Å². The Morgan fingerprint density at radius 2 is 1.94 bits per heavy atom. The van der Waals surface area contributed by atoms with Crippen molar-refractivity contribution < 1.29 is 4.74 Å². The van der Waals surface area contributed by atoms with Crippen LogP contribution in [0.4, 0.5) is 17.2 Å². The number of nitrogens with two attached hydrogens (primary N) is 1. The molecule has 0 spiro atoms. The minimum absolute atomic E-state index is 0.686. The predicted octanol–water partition coefficient (Wildman–Crippen LogP) is 2.75. The second-order valence-electron chi connectivity index (χ2n) is 4.10. The van der Waals surface area contributed by atoms with Crippen LogP contribution in [-0.4, -0.2) is 19.1 Å². The fourth-order valence-electron chi connectivity index (χ4n) is 1.84.